The third-order valence-electron chi connectivity index (χ3n) is 3.13. The summed E-state index contributed by atoms with van der Waals surface area (Å²) in [6.07, 6.45) is 1.44. The fourth-order valence-corrected chi connectivity index (χ4v) is 2.14. The van der Waals surface area contributed by atoms with Gasteiger partial charge in [0.1, 0.15) is 18.8 Å². The number of esters is 1. The van der Waals surface area contributed by atoms with Crippen molar-refractivity contribution in [2.45, 2.75) is 6.61 Å². The van der Waals surface area contributed by atoms with Crippen LogP contribution >= 0.6 is 11.6 Å². The first kappa shape index (κ1) is 15.1. The summed E-state index contributed by atoms with van der Waals surface area (Å²) < 4.78 is 20.2. The zero-order valence-corrected chi connectivity index (χ0v) is 12.4. The number of nitrogens with zero attached hydrogens (tertiary/aromatic N) is 4. The lowest BCUT2D eigenvalue weighted by molar-refractivity contribution is 0.0469. The predicted octanol–water partition coefficient (Wildman–Crippen LogP) is 2.81. The molecule has 0 aliphatic carbocycles. The highest BCUT2D eigenvalue weighted by molar-refractivity contribution is 6.31. The lowest BCUT2D eigenvalue weighted by atomic mass is 10.2. The molecule has 2 aromatic carbocycles. The molecule has 3 aromatic rings. The van der Waals surface area contributed by atoms with Gasteiger partial charge in [-0.05, 0) is 46.8 Å². The van der Waals surface area contributed by atoms with Crippen molar-refractivity contribution in [2.24, 2.45) is 0 Å². The number of carbonyl (C=O) groups is 1. The zero-order valence-electron chi connectivity index (χ0n) is 11.7. The smallest absolute Gasteiger partial charge is 0.338 e. The van der Waals surface area contributed by atoms with Crippen LogP contribution in [0.5, 0.6) is 0 Å². The molecule has 0 saturated carbocycles. The lowest BCUT2D eigenvalue weighted by Gasteiger charge is -2.08. The van der Waals surface area contributed by atoms with E-state index in [2.05, 4.69) is 15.5 Å². The molecule has 0 atom stereocenters. The quantitative estimate of drug-likeness (QED) is 0.687. The van der Waals surface area contributed by atoms with Gasteiger partial charge in [0, 0.05) is 5.56 Å². The highest BCUT2D eigenvalue weighted by Crippen LogP contribution is 2.20. The molecule has 0 aliphatic rings. The molecule has 0 aliphatic heterocycles. The van der Waals surface area contributed by atoms with E-state index in [-0.39, 0.29) is 17.2 Å². The SMILES string of the molecule is O=C(OCc1c(F)cccc1Cl)c1ccc(-n2cnnn2)cc1. The highest BCUT2D eigenvalue weighted by atomic mass is 35.5. The van der Waals surface area contributed by atoms with Gasteiger partial charge >= 0.3 is 5.97 Å². The molecule has 0 amide bonds. The Labute approximate surface area is 135 Å². The Kier molecular flexibility index (Phi) is 4.29. The van der Waals surface area contributed by atoms with Gasteiger partial charge in [-0.2, -0.15) is 0 Å². The molecule has 0 spiro atoms. The van der Waals surface area contributed by atoms with Crippen LogP contribution in [-0.2, 0) is 11.3 Å². The van der Waals surface area contributed by atoms with Gasteiger partial charge in [0.25, 0.3) is 0 Å². The third kappa shape index (κ3) is 3.35. The predicted molar refractivity (Wildman–Crippen MR) is 79.7 cm³/mol. The minimum Gasteiger partial charge on any atom is -0.457 e. The van der Waals surface area contributed by atoms with E-state index >= 15 is 0 Å². The first-order valence-corrected chi connectivity index (χ1v) is 6.96. The van der Waals surface area contributed by atoms with E-state index < -0.39 is 11.8 Å². The average Bonchev–Trinajstić information content (AvgIpc) is 3.09. The average molecular weight is 333 g/mol. The topological polar surface area (TPSA) is 69.9 Å². The number of ether oxygens (including phenoxy) is 1. The highest BCUT2D eigenvalue weighted by Gasteiger charge is 2.12. The molecule has 0 radical (unpaired) electrons. The van der Waals surface area contributed by atoms with E-state index in [9.17, 15) is 9.18 Å². The normalized spacial score (nSPS) is 10.5. The van der Waals surface area contributed by atoms with E-state index in [1.54, 1.807) is 24.3 Å². The van der Waals surface area contributed by atoms with Gasteiger partial charge in [-0.1, -0.05) is 17.7 Å². The Morgan fingerprint density at radius 2 is 2.00 bits per heavy atom. The molecule has 0 unspecified atom stereocenters. The van der Waals surface area contributed by atoms with Gasteiger partial charge in [0.15, 0.2) is 0 Å². The van der Waals surface area contributed by atoms with Crippen molar-refractivity contribution in [1.82, 2.24) is 20.2 Å². The summed E-state index contributed by atoms with van der Waals surface area (Å²) >= 11 is 5.88. The Balaban J connectivity index is 1.69. The second-order valence-electron chi connectivity index (χ2n) is 4.58. The van der Waals surface area contributed by atoms with Crippen LogP contribution in [0.1, 0.15) is 15.9 Å². The van der Waals surface area contributed by atoms with Crippen LogP contribution in [0.4, 0.5) is 4.39 Å². The number of aromatic nitrogens is 4. The molecule has 1 heterocycles. The Hall–Kier alpha value is -2.80. The van der Waals surface area contributed by atoms with Crippen molar-refractivity contribution in [1.29, 1.82) is 0 Å². The van der Waals surface area contributed by atoms with Gasteiger partial charge < -0.3 is 4.74 Å². The van der Waals surface area contributed by atoms with E-state index in [1.165, 1.54) is 29.2 Å². The van der Waals surface area contributed by atoms with Crippen LogP contribution in [0, 0.1) is 5.82 Å². The lowest BCUT2D eigenvalue weighted by Crippen LogP contribution is -2.07. The molecular weight excluding hydrogens is 323 g/mol. The summed E-state index contributed by atoms with van der Waals surface area (Å²) in [5.74, 6) is -1.09. The molecule has 0 bridgehead atoms. The van der Waals surface area contributed by atoms with Crippen molar-refractivity contribution < 1.29 is 13.9 Å². The Bertz CT molecular complexity index is 802. The standard InChI is InChI=1S/C15H10ClFN4O2/c16-13-2-1-3-14(17)12(13)8-23-15(22)10-4-6-11(7-5-10)21-9-18-19-20-21/h1-7,9H,8H2. The van der Waals surface area contributed by atoms with Gasteiger partial charge in [-0.15, -0.1) is 5.10 Å². The third-order valence-corrected chi connectivity index (χ3v) is 3.48. The molecule has 3 rings (SSSR count). The van der Waals surface area contributed by atoms with Crippen LogP contribution in [0.25, 0.3) is 5.69 Å². The van der Waals surface area contributed by atoms with Crippen molar-refractivity contribution in [2.75, 3.05) is 0 Å². The monoisotopic (exact) mass is 332 g/mol. The van der Waals surface area contributed by atoms with Crippen molar-refractivity contribution in [3.05, 3.63) is 70.8 Å². The summed E-state index contributed by atoms with van der Waals surface area (Å²) in [5.41, 5.74) is 1.17. The molecule has 1 aromatic heterocycles. The Morgan fingerprint density at radius 1 is 1.22 bits per heavy atom. The largest absolute Gasteiger partial charge is 0.457 e. The van der Waals surface area contributed by atoms with Gasteiger partial charge in [-0.3, -0.25) is 0 Å². The molecule has 0 fully saturated rings. The van der Waals surface area contributed by atoms with Crippen LogP contribution in [0.2, 0.25) is 5.02 Å². The molecular formula is C15H10ClFN4O2. The van der Waals surface area contributed by atoms with Crippen LogP contribution in [-0.4, -0.2) is 26.2 Å². The number of carbonyl (C=O) groups excluding carboxylic acids is 1. The minimum atomic E-state index is -0.576. The second kappa shape index (κ2) is 6.53. The number of rotatable bonds is 4. The van der Waals surface area contributed by atoms with Gasteiger partial charge in [0.05, 0.1) is 16.3 Å². The number of halogens is 2. The number of hydrogen-bond acceptors (Lipinski definition) is 5. The summed E-state index contributed by atoms with van der Waals surface area (Å²) in [5, 5.41) is 11.0. The molecule has 23 heavy (non-hydrogen) atoms. The van der Waals surface area contributed by atoms with Crippen LogP contribution in [0.15, 0.2) is 48.8 Å². The fraction of sp³-hybridized carbons (Fsp3) is 0.0667. The van der Waals surface area contributed by atoms with E-state index in [4.69, 9.17) is 16.3 Å². The number of benzene rings is 2. The Morgan fingerprint density at radius 3 is 2.65 bits per heavy atom. The summed E-state index contributed by atoms with van der Waals surface area (Å²) in [6.45, 7) is -0.237. The molecule has 116 valence electrons. The molecule has 0 N–H and O–H groups in total. The number of hydrogen-bond donors (Lipinski definition) is 0. The summed E-state index contributed by atoms with van der Waals surface area (Å²) in [7, 11) is 0. The van der Waals surface area contributed by atoms with Crippen molar-refractivity contribution in [3.63, 3.8) is 0 Å². The molecule has 8 heteroatoms. The maximum atomic E-state index is 13.6. The summed E-state index contributed by atoms with van der Waals surface area (Å²) in [6, 6.07) is 10.8. The first-order valence-electron chi connectivity index (χ1n) is 6.58. The zero-order chi connectivity index (χ0) is 16.2. The first-order chi connectivity index (χ1) is 11.1. The number of tetrazole rings is 1. The van der Waals surface area contributed by atoms with E-state index in [1.807, 2.05) is 0 Å². The maximum Gasteiger partial charge on any atom is 0.338 e. The molecule has 6 nitrogen and oxygen atoms in total. The maximum absolute atomic E-state index is 13.6. The van der Waals surface area contributed by atoms with Crippen LogP contribution < -0.4 is 0 Å². The van der Waals surface area contributed by atoms with Crippen LogP contribution in [0.3, 0.4) is 0 Å². The minimum absolute atomic E-state index is 0.146. The fourth-order valence-electron chi connectivity index (χ4n) is 1.92. The van der Waals surface area contributed by atoms with Crippen molar-refractivity contribution >= 4 is 17.6 Å². The van der Waals surface area contributed by atoms with Gasteiger partial charge in [0.2, 0.25) is 0 Å². The van der Waals surface area contributed by atoms with Crippen molar-refractivity contribution in [3.8, 4) is 5.69 Å². The molecule has 0 saturated heterocycles. The van der Waals surface area contributed by atoms with E-state index in [0.29, 0.717) is 11.3 Å². The second-order valence-corrected chi connectivity index (χ2v) is 4.98. The van der Waals surface area contributed by atoms with Gasteiger partial charge in [-0.25, -0.2) is 13.9 Å². The van der Waals surface area contributed by atoms with E-state index in [0.717, 1.165) is 0 Å². The summed E-state index contributed by atoms with van der Waals surface area (Å²) in [4.78, 5) is 12.0.